The van der Waals surface area contributed by atoms with Crippen molar-refractivity contribution in [2.45, 2.75) is 36.4 Å². The Bertz CT molecular complexity index is 402. The van der Waals surface area contributed by atoms with E-state index >= 15 is 0 Å². The second-order valence-electron chi connectivity index (χ2n) is 5.49. The predicted octanol–water partition coefficient (Wildman–Crippen LogP) is 3.54. The van der Waals surface area contributed by atoms with E-state index in [1.807, 2.05) is 24.9 Å². The van der Waals surface area contributed by atoms with Crippen LogP contribution in [0.1, 0.15) is 30.6 Å². The molecule has 1 saturated heterocycles. The smallest absolute Gasteiger partial charge is 0.139 e. The first kappa shape index (κ1) is 11.6. The molecular weight excluding hydrogens is 230 g/mol. The van der Waals surface area contributed by atoms with Crippen molar-refractivity contribution in [3.05, 3.63) is 41.1 Å². The van der Waals surface area contributed by atoms with E-state index in [-0.39, 0.29) is 16.1 Å². The molecular formula is C14H19NOS. The van der Waals surface area contributed by atoms with Crippen LogP contribution in [-0.4, -0.2) is 23.1 Å². The van der Waals surface area contributed by atoms with Gasteiger partial charge in [0.1, 0.15) is 11.4 Å². The molecule has 1 aliphatic heterocycles. The molecule has 0 N–H and O–H groups in total. The number of hydroxylamine groups is 3. The third-order valence-electron chi connectivity index (χ3n) is 4.19. The maximum atomic E-state index is 12.7. The second-order valence-corrected chi connectivity index (χ2v) is 6.76. The average molecular weight is 249 g/mol. The molecule has 2 fully saturated rings. The molecule has 0 spiro atoms. The van der Waals surface area contributed by atoms with Gasteiger partial charge in [0.25, 0.3) is 0 Å². The first-order valence-electron chi connectivity index (χ1n) is 6.38. The molecule has 3 heteroatoms. The van der Waals surface area contributed by atoms with Crippen molar-refractivity contribution in [2.75, 3.05) is 7.05 Å². The van der Waals surface area contributed by atoms with Crippen LogP contribution in [0.5, 0.6) is 0 Å². The van der Waals surface area contributed by atoms with Gasteiger partial charge in [0, 0.05) is 5.92 Å². The van der Waals surface area contributed by atoms with Crippen LogP contribution >= 0.6 is 11.8 Å². The summed E-state index contributed by atoms with van der Waals surface area (Å²) < 4.78 is -0.0606. The number of thioether (sulfide) groups is 1. The van der Waals surface area contributed by atoms with Gasteiger partial charge in [-0.05, 0) is 25.3 Å². The highest BCUT2D eigenvalue weighted by Crippen LogP contribution is 2.56. The Balaban J connectivity index is 1.88. The molecule has 0 radical (unpaired) electrons. The van der Waals surface area contributed by atoms with Gasteiger partial charge in [-0.1, -0.05) is 42.1 Å². The quantitative estimate of drug-likeness (QED) is 0.591. The van der Waals surface area contributed by atoms with Crippen LogP contribution in [0.15, 0.2) is 30.3 Å². The lowest BCUT2D eigenvalue weighted by molar-refractivity contribution is -0.890. The topological polar surface area (TPSA) is 23.1 Å². The van der Waals surface area contributed by atoms with Gasteiger partial charge in [-0.15, -0.1) is 0 Å². The van der Waals surface area contributed by atoms with Gasteiger partial charge in [0.05, 0.1) is 12.3 Å². The molecule has 0 aromatic heterocycles. The van der Waals surface area contributed by atoms with E-state index in [2.05, 4.69) is 31.2 Å². The van der Waals surface area contributed by atoms with Gasteiger partial charge in [0.2, 0.25) is 0 Å². The van der Waals surface area contributed by atoms with Gasteiger partial charge in [-0.25, -0.2) is 0 Å². The molecule has 17 heavy (non-hydrogen) atoms. The summed E-state index contributed by atoms with van der Waals surface area (Å²) in [5.41, 5.74) is 1.31. The number of quaternary nitrogens is 1. The summed E-state index contributed by atoms with van der Waals surface area (Å²) in [6.07, 6.45) is 2.50. The number of nitrogens with zero attached hydrogens (tertiary/aromatic N) is 1. The lowest BCUT2D eigenvalue weighted by atomic mass is 10.1. The fourth-order valence-electron chi connectivity index (χ4n) is 2.80. The van der Waals surface area contributed by atoms with Gasteiger partial charge >= 0.3 is 0 Å². The zero-order valence-electron chi connectivity index (χ0n) is 10.4. The summed E-state index contributed by atoms with van der Waals surface area (Å²) in [4.78, 5) is 0. The van der Waals surface area contributed by atoms with Crippen molar-refractivity contribution in [1.29, 1.82) is 0 Å². The highest BCUT2D eigenvalue weighted by molar-refractivity contribution is 8.00. The Kier molecular flexibility index (Phi) is 2.73. The standard InChI is InChI=1S/C14H19NOS/c1-10-13(11-6-4-3-5-7-11)17-14(12-8-9-12)15(10,2)16/h3-7,10,12-14H,8-9H2,1-2H3/t10-,13+,14-,15-/m1/s1. The van der Waals surface area contributed by atoms with Gasteiger partial charge < -0.3 is 9.85 Å². The molecule has 1 aliphatic carbocycles. The summed E-state index contributed by atoms with van der Waals surface area (Å²) in [6, 6.07) is 10.7. The summed E-state index contributed by atoms with van der Waals surface area (Å²) in [5.74, 6) is 0.665. The average Bonchev–Trinajstić information content (AvgIpc) is 3.11. The van der Waals surface area contributed by atoms with E-state index in [0.717, 1.165) is 0 Å². The predicted molar refractivity (Wildman–Crippen MR) is 72.3 cm³/mol. The van der Waals surface area contributed by atoms with Crippen LogP contribution in [0.4, 0.5) is 0 Å². The molecule has 4 atom stereocenters. The van der Waals surface area contributed by atoms with Crippen molar-refractivity contribution in [1.82, 2.24) is 0 Å². The van der Waals surface area contributed by atoms with Crippen molar-refractivity contribution in [3.8, 4) is 0 Å². The Labute approximate surface area is 107 Å². The maximum absolute atomic E-state index is 12.7. The first-order valence-corrected chi connectivity index (χ1v) is 7.32. The fourth-order valence-corrected chi connectivity index (χ4v) is 4.81. The molecule has 92 valence electrons. The largest absolute Gasteiger partial charge is 0.632 e. The second kappa shape index (κ2) is 4.01. The minimum atomic E-state index is -0.0606. The third kappa shape index (κ3) is 1.90. The monoisotopic (exact) mass is 249 g/mol. The number of rotatable bonds is 2. The van der Waals surface area contributed by atoms with Crippen molar-refractivity contribution in [3.63, 3.8) is 0 Å². The molecule has 0 amide bonds. The number of hydrogen-bond donors (Lipinski definition) is 0. The number of likely N-dealkylation sites (N-methyl/N-ethyl adjacent to an activating group) is 1. The van der Waals surface area contributed by atoms with E-state index < -0.39 is 0 Å². The zero-order valence-corrected chi connectivity index (χ0v) is 11.2. The maximum Gasteiger partial charge on any atom is 0.139 e. The van der Waals surface area contributed by atoms with Crippen LogP contribution < -0.4 is 0 Å². The van der Waals surface area contributed by atoms with Gasteiger partial charge in [-0.3, -0.25) is 0 Å². The summed E-state index contributed by atoms with van der Waals surface area (Å²) in [6.45, 7) is 2.11. The zero-order chi connectivity index (χ0) is 12.0. The van der Waals surface area contributed by atoms with E-state index in [0.29, 0.717) is 11.2 Å². The molecule has 2 nitrogen and oxygen atoms in total. The first-order chi connectivity index (χ1) is 8.10. The fraction of sp³-hybridized carbons (Fsp3) is 0.571. The van der Waals surface area contributed by atoms with E-state index in [1.54, 1.807) is 0 Å². The molecule has 1 aromatic carbocycles. The van der Waals surface area contributed by atoms with Crippen LogP contribution in [0.2, 0.25) is 0 Å². The number of benzene rings is 1. The molecule has 3 rings (SSSR count). The molecule has 1 saturated carbocycles. The van der Waals surface area contributed by atoms with Crippen LogP contribution in [0.25, 0.3) is 0 Å². The molecule has 1 aromatic rings. The third-order valence-corrected chi connectivity index (χ3v) is 6.23. The Morgan fingerprint density at radius 2 is 1.88 bits per heavy atom. The normalized spacial score (nSPS) is 41.7. The minimum absolute atomic E-state index is 0.0606. The molecule has 2 aliphatic rings. The van der Waals surface area contributed by atoms with Crippen molar-refractivity contribution < 1.29 is 4.65 Å². The van der Waals surface area contributed by atoms with E-state index in [1.165, 1.54) is 18.4 Å². The van der Waals surface area contributed by atoms with Crippen molar-refractivity contribution >= 4 is 11.8 Å². The van der Waals surface area contributed by atoms with E-state index in [9.17, 15) is 5.21 Å². The minimum Gasteiger partial charge on any atom is -0.632 e. The Morgan fingerprint density at radius 1 is 1.24 bits per heavy atom. The number of hydrogen-bond acceptors (Lipinski definition) is 2. The summed E-state index contributed by atoms with van der Waals surface area (Å²) >= 11 is 1.91. The highest BCUT2D eigenvalue weighted by atomic mass is 32.2. The van der Waals surface area contributed by atoms with Gasteiger partial charge in [-0.2, -0.15) is 0 Å². The van der Waals surface area contributed by atoms with Gasteiger partial charge in [0.15, 0.2) is 0 Å². The SMILES string of the molecule is C[C@@H]1[C@@H](c2ccccc2)S[C@H](C2CC2)[N@+]1(C)[O-]. The lowest BCUT2D eigenvalue weighted by Crippen LogP contribution is -2.48. The Morgan fingerprint density at radius 3 is 2.47 bits per heavy atom. The highest BCUT2D eigenvalue weighted by Gasteiger charge is 2.52. The molecule has 0 bridgehead atoms. The molecule has 1 heterocycles. The van der Waals surface area contributed by atoms with Crippen LogP contribution in [0.3, 0.4) is 0 Å². The summed E-state index contributed by atoms with van der Waals surface area (Å²) in [7, 11) is 1.86. The van der Waals surface area contributed by atoms with Crippen LogP contribution in [0, 0.1) is 11.1 Å². The van der Waals surface area contributed by atoms with Crippen LogP contribution in [-0.2, 0) is 0 Å². The van der Waals surface area contributed by atoms with E-state index in [4.69, 9.17) is 0 Å². The Hall–Kier alpha value is -0.510. The lowest BCUT2D eigenvalue weighted by Gasteiger charge is -2.44. The summed E-state index contributed by atoms with van der Waals surface area (Å²) in [5, 5.41) is 13.4. The van der Waals surface area contributed by atoms with Crippen molar-refractivity contribution in [2.24, 2.45) is 5.92 Å². The molecule has 0 unspecified atom stereocenters.